The van der Waals surface area contributed by atoms with Gasteiger partial charge in [-0.25, -0.2) is 14.7 Å². The minimum atomic E-state index is -0.0228. The Hall–Kier alpha value is -2.41. The van der Waals surface area contributed by atoms with Gasteiger partial charge in [0, 0.05) is 33.7 Å². The lowest BCUT2D eigenvalue weighted by molar-refractivity contribution is -0.127. The molecule has 0 spiro atoms. The Morgan fingerprint density at radius 1 is 1.28 bits per heavy atom. The molecule has 3 rings (SSSR count). The summed E-state index contributed by atoms with van der Waals surface area (Å²) in [5.41, 5.74) is 1.05. The van der Waals surface area contributed by atoms with Gasteiger partial charge in [-0.2, -0.15) is 5.10 Å². The molecule has 1 atom stereocenters. The number of nitrogens with zero attached hydrogens (tertiary/aromatic N) is 5. The molecular weight excluding hydrogens is 525 g/mol. The highest BCUT2D eigenvalue weighted by molar-refractivity contribution is 14.0. The lowest BCUT2D eigenvalue weighted by Crippen LogP contribution is -2.49. The highest BCUT2D eigenvalue weighted by Gasteiger charge is 2.22. The molecule has 1 aliphatic heterocycles. The fourth-order valence-corrected chi connectivity index (χ4v) is 3.23. The van der Waals surface area contributed by atoms with E-state index in [4.69, 9.17) is 9.47 Å². The molecule has 10 nitrogen and oxygen atoms in total. The molecule has 1 aromatic heterocycles. The Balaban J connectivity index is 0.00000363. The molecule has 2 aromatic rings. The number of aromatic nitrogens is 3. The number of nitrogens with one attached hydrogen (secondary N) is 2. The van der Waals surface area contributed by atoms with Crippen molar-refractivity contribution in [3.05, 3.63) is 41.5 Å². The molecule has 1 aromatic carbocycles. The Labute approximate surface area is 205 Å². The lowest BCUT2D eigenvalue weighted by atomic mass is 10.1. The van der Waals surface area contributed by atoms with E-state index in [1.807, 2.05) is 28.9 Å². The van der Waals surface area contributed by atoms with Crippen molar-refractivity contribution in [1.29, 1.82) is 0 Å². The van der Waals surface area contributed by atoms with Crippen molar-refractivity contribution >= 4 is 35.8 Å². The van der Waals surface area contributed by atoms with Gasteiger partial charge in [-0.1, -0.05) is 12.1 Å². The number of hydrogen-bond acceptors (Lipinski definition) is 6. The third kappa shape index (κ3) is 7.33. The number of halogens is 1. The molecule has 0 saturated carbocycles. The average molecular weight is 557 g/mol. The highest BCUT2D eigenvalue weighted by atomic mass is 127. The fourth-order valence-electron chi connectivity index (χ4n) is 3.23. The summed E-state index contributed by atoms with van der Waals surface area (Å²) in [6.07, 6.45) is 1.72. The molecule has 0 fully saturated rings. The summed E-state index contributed by atoms with van der Waals surface area (Å²) in [5, 5.41) is 11.1. The number of aryl methyl sites for hydroxylation is 1. The molecule has 0 bridgehead atoms. The first-order valence-electron chi connectivity index (χ1n) is 10.3. The number of fused-ring (bicyclic) bond motifs is 1. The van der Waals surface area contributed by atoms with Crippen LogP contribution in [0.2, 0.25) is 0 Å². The maximum atomic E-state index is 12.0. The molecule has 0 radical (unpaired) electrons. The number of amides is 1. The summed E-state index contributed by atoms with van der Waals surface area (Å²) in [7, 11) is 6.74. The number of ether oxygens (including phenoxy) is 2. The highest BCUT2D eigenvalue weighted by Crippen LogP contribution is 2.14. The van der Waals surface area contributed by atoms with Gasteiger partial charge >= 0.3 is 0 Å². The summed E-state index contributed by atoms with van der Waals surface area (Å²) in [5.74, 6) is 3.04. The van der Waals surface area contributed by atoms with Gasteiger partial charge in [0.25, 0.3) is 0 Å². The molecule has 2 heterocycles. The number of guanidine groups is 1. The van der Waals surface area contributed by atoms with Crippen LogP contribution in [0.25, 0.3) is 0 Å². The number of likely N-dealkylation sites (N-methyl/N-ethyl adjacent to an activating group) is 1. The molecule has 0 saturated heterocycles. The summed E-state index contributed by atoms with van der Waals surface area (Å²) in [6, 6.07) is 7.90. The molecule has 32 heavy (non-hydrogen) atoms. The van der Waals surface area contributed by atoms with Crippen LogP contribution in [0.15, 0.2) is 29.3 Å². The van der Waals surface area contributed by atoms with E-state index >= 15 is 0 Å². The van der Waals surface area contributed by atoms with E-state index in [0.717, 1.165) is 30.0 Å². The number of hydrogen-bond donors (Lipinski definition) is 2. The first-order valence-corrected chi connectivity index (χ1v) is 10.3. The smallest absolute Gasteiger partial charge is 0.241 e. The minimum Gasteiger partial charge on any atom is -0.497 e. The van der Waals surface area contributed by atoms with E-state index in [2.05, 4.69) is 25.7 Å². The van der Waals surface area contributed by atoms with Crippen molar-refractivity contribution in [2.75, 3.05) is 34.9 Å². The fraction of sp³-hybridized carbons (Fsp3) is 0.524. The molecule has 176 valence electrons. The normalized spacial score (nSPS) is 15.4. The van der Waals surface area contributed by atoms with Crippen LogP contribution in [0.5, 0.6) is 5.75 Å². The minimum absolute atomic E-state index is 0. The Morgan fingerprint density at radius 3 is 2.69 bits per heavy atom. The first kappa shape index (κ1) is 25.8. The maximum absolute atomic E-state index is 12.0. The second-order valence-electron chi connectivity index (χ2n) is 7.59. The zero-order valence-electron chi connectivity index (χ0n) is 19.0. The van der Waals surface area contributed by atoms with Gasteiger partial charge in [0.05, 0.1) is 26.7 Å². The summed E-state index contributed by atoms with van der Waals surface area (Å²) in [6.45, 7) is 1.73. The van der Waals surface area contributed by atoms with Crippen molar-refractivity contribution in [1.82, 2.24) is 30.3 Å². The van der Waals surface area contributed by atoms with Crippen LogP contribution in [0.3, 0.4) is 0 Å². The van der Waals surface area contributed by atoms with Crippen LogP contribution in [0, 0.1) is 0 Å². The molecular formula is C21H32IN7O3. The number of methoxy groups -OCH3 is 2. The van der Waals surface area contributed by atoms with Crippen molar-refractivity contribution in [2.24, 2.45) is 4.99 Å². The van der Waals surface area contributed by atoms with Crippen molar-refractivity contribution < 1.29 is 14.3 Å². The molecule has 0 aliphatic carbocycles. The standard InChI is InChI=1S/C21H31N7O3.HI/c1-27(2)20(29)12-23-21(22-11-15-5-8-17(31-4)9-6-15)24-16-7-10-19-25-18(14-30-3)26-28(19)13-16;/h5-6,8-9,16H,7,10-14H2,1-4H3,(H2,22,23,24);1H. The Kier molecular flexibility index (Phi) is 10.2. The van der Waals surface area contributed by atoms with Gasteiger partial charge in [0.15, 0.2) is 11.8 Å². The van der Waals surface area contributed by atoms with E-state index < -0.39 is 0 Å². The van der Waals surface area contributed by atoms with Crippen molar-refractivity contribution in [3.63, 3.8) is 0 Å². The topological polar surface area (TPSA) is 106 Å². The second kappa shape index (κ2) is 12.6. The largest absolute Gasteiger partial charge is 0.497 e. The zero-order chi connectivity index (χ0) is 22.2. The van der Waals surface area contributed by atoms with E-state index in [0.29, 0.717) is 31.5 Å². The molecule has 1 aliphatic rings. The summed E-state index contributed by atoms with van der Waals surface area (Å²) in [4.78, 5) is 22.8. The third-order valence-electron chi connectivity index (χ3n) is 5.00. The van der Waals surface area contributed by atoms with Crippen LogP contribution in [-0.4, -0.2) is 72.4 Å². The van der Waals surface area contributed by atoms with Gasteiger partial charge in [0.2, 0.25) is 5.91 Å². The lowest BCUT2D eigenvalue weighted by Gasteiger charge is -2.25. The van der Waals surface area contributed by atoms with Crippen LogP contribution in [0.4, 0.5) is 0 Å². The monoisotopic (exact) mass is 557 g/mol. The van der Waals surface area contributed by atoms with E-state index in [-0.39, 0.29) is 42.5 Å². The average Bonchev–Trinajstić information content (AvgIpc) is 3.17. The predicted octanol–water partition coefficient (Wildman–Crippen LogP) is 1.19. The number of benzene rings is 1. The molecule has 1 amide bonds. The zero-order valence-corrected chi connectivity index (χ0v) is 21.3. The second-order valence-corrected chi connectivity index (χ2v) is 7.59. The van der Waals surface area contributed by atoms with Crippen LogP contribution in [0.1, 0.15) is 23.6 Å². The third-order valence-corrected chi connectivity index (χ3v) is 5.00. The van der Waals surface area contributed by atoms with Gasteiger partial charge in [-0.05, 0) is 24.1 Å². The SMILES string of the molecule is COCc1nc2n(n1)CC(NC(=NCc1ccc(OC)cc1)NCC(=O)N(C)C)CC2.I. The van der Waals surface area contributed by atoms with Crippen molar-refractivity contribution in [3.8, 4) is 5.75 Å². The van der Waals surface area contributed by atoms with Crippen LogP contribution < -0.4 is 15.4 Å². The Bertz CT molecular complexity index is 899. The quantitative estimate of drug-likeness (QED) is 0.286. The van der Waals surface area contributed by atoms with Crippen LogP contribution in [-0.2, 0) is 35.6 Å². The number of rotatable bonds is 8. The van der Waals surface area contributed by atoms with E-state index in [1.54, 1.807) is 33.2 Å². The number of aliphatic imine (C=N–C) groups is 1. The predicted molar refractivity (Wildman–Crippen MR) is 132 cm³/mol. The first-order chi connectivity index (χ1) is 15.0. The van der Waals surface area contributed by atoms with Gasteiger partial charge in [0.1, 0.15) is 18.2 Å². The van der Waals surface area contributed by atoms with Crippen LogP contribution >= 0.6 is 24.0 Å². The molecule has 2 N–H and O–H groups in total. The van der Waals surface area contributed by atoms with Gasteiger partial charge in [-0.3, -0.25) is 4.79 Å². The van der Waals surface area contributed by atoms with Gasteiger partial charge < -0.3 is 25.0 Å². The number of carbonyl (C=O) groups is 1. The maximum Gasteiger partial charge on any atom is 0.241 e. The van der Waals surface area contributed by atoms with E-state index in [1.165, 1.54) is 0 Å². The number of carbonyl (C=O) groups excluding carboxylic acids is 1. The summed E-state index contributed by atoms with van der Waals surface area (Å²) >= 11 is 0. The summed E-state index contributed by atoms with van der Waals surface area (Å²) < 4.78 is 12.3. The van der Waals surface area contributed by atoms with E-state index in [9.17, 15) is 4.79 Å². The van der Waals surface area contributed by atoms with Crippen molar-refractivity contribution in [2.45, 2.75) is 38.6 Å². The van der Waals surface area contributed by atoms with Gasteiger partial charge in [-0.15, -0.1) is 24.0 Å². The molecule has 1 unspecified atom stereocenters. The molecule has 11 heteroatoms. The Morgan fingerprint density at radius 2 is 2.03 bits per heavy atom.